The molecule has 0 bridgehead atoms. The van der Waals surface area contributed by atoms with Gasteiger partial charge in [-0.1, -0.05) is 32.1 Å². The van der Waals surface area contributed by atoms with Gasteiger partial charge < -0.3 is 15.8 Å². The van der Waals surface area contributed by atoms with Crippen LogP contribution in [0.2, 0.25) is 0 Å². The lowest BCUT2D eigenvalue weighted by Gasteiger charge is -2.41. The highest BCUT2D eigenvalue weighted by atomic mass is 19.4. The molecule has 0 spiro atoms. The van der Waals surface area contributed by atoms with E-state index in [-0.39, 0.29) is 23.3 Å². The van der Waals surface area contributed by atoms with Crippen LogP contribution < -0.4 is 15.8 Å². The first kappa shape index (κ1) is 24.4. The topological polar surface area (TPSA) is 99.8 Å². The number of hydrogen-bond donors (Lipinski definition) is 3. The first-order valence-electron chi connectivity index (χ1n) is 10.7. The zero-order valence-electron chi connectivity index (χ0n) is 19.1. The summed E-state index contributed by atoms with van der Waals surface area (Å²) in [4.78, 5) is 0. The van der Waals surface area contributed by atoms with Crippen molar-refractivity contribution in [3.05, 3.63) is 63.7 Å². The minimum Gasteiger partial charge on any atom is -0.420 e. The number of alkyl halides is 3. The number of nitrogens with one attached hydrogen (secondary N) is 2. The molecule has 6 nitrogen and oxygen atoms in total. The molecule has 0 fully saturated rings. The fraction of sp³-hybridized carbons (Fsp3) is 0.417. The number of unbranched alkanes of at least 4 members (excludes halogenated alkanes) is 1. The highest BCUT2D eigenvalue weighted by Gasteiger charge is 2.51. The van der Waals surface area contributed by atoms with E-state index in [1.165, 1.54) is 0 Å². The van der Waals surface area contributed by atoms with E-state index in [0.29, 0.717) is 22.4 Å². The number of nitriles is 1. The summed E-state index contributed by atoms with van der Waals surface area (Å²) in [6.07, 6.45) is 0.555. The molecule has 4 N–H and O–H groups in total. The number of rotatable bonds is 7. The first-order chi connectivity index (χ1) is 15.6. The molecule has 0 saturated heterocycles. The molecule has 0 radical (unpaired) electrons. The zero-order valence-corrected chi connectivity index (χ0v) is 19.1. The van der Waals surface area contributed by atoms with Crippen molar-refractivity contribution in [1.82, 2.24) is 15.5 Å². The second-order valence-electron chi connectivity index (χ2n) is 8.43. The van der Waals surface area contributed by atoms with Gasteiger partial charge in [-0.05, 0) is 62.5 Å². The minimum absolute atomic E-state index is 0.0674. The lowest BCUT2D eigenvalue weighted by Crippen LogP contribution is -2.41. The van der Waals surface area contributed by atoms with E-state index in [4.69, 9.17) is 10.5 Å². The van der Waals surface area contributed by atoms with Crippen molar-refractivity contribution in [2.45, 2.75) is 45.2 Å². The largest absolute Gasteiger partial charge is 0.420 e. The van der Waals surface area contributed by atoms with Gasteiger partial charge in [0.05, 0.1) is 16.5 Å². The smallest absolute Gasteiger partial charge is 0.416 e. The third kappa shape index (κ3) is 4.35. The molecular formula is C24H28F3N5O. The van der Waals surface area contributed by atoms with Gasteiger partial charge in [0, 0.05) is 5.69 Å². The van der Waals surface area contributed by atoms with E-state index in [1.807, 2.05) is 27.0 Å². The zero-order chi connectivity index (χ0) is 24.4. The molecule has 1 unspecified atom stereocenters. The fourth-order valence-corrected chi connectivity index (χ4v) is 4.52. The van der Waals surface area contributed by atoms with Gasteiger partial charge in [0.25, 0.3) is 0 Å². The van der Waals surface area contributed by atoms with Crippen LogP contribution in [0.5, 0.6) is 5.88 Å². The van der Waals surface area contributed by atoms with Crippen molar-refractivity contribution < 1.29 is 17.9 Å². The maximum atomic E-state index is 13.9. The second kappa shape index (κ2) is 9.32. The summed E-state index contributed by atoms with van der Waals surface area (Å²) in [7, 11) is 1.85. The predicted octanol–water partition coefficient (Wildman–Crippen LogP) is 4.78. The van der Waals surface area contributed by atoms with Gasteiger partial charge in [0.15, 0.2) is 0 Å². The van der Waals surface area contributed by atoms with Crippen LogP contribution >= 0.6 is 0 Å². The molecule has 176 valence electrons. The number of benzene rings is 1. The van der Waals surface area contributed by atoms with Crippen LogP contribution in [0.25, 0.3) is 6.08 Å². The molecule has 1 aliphatic heterocycles. The van der Waals surface area contributed by atoms with Crippen LogP contribution in [0.15, 0.2) is 35.7 Å². The second-order valence-corrected chi connectivity index (χ2v) is 8.43. The van der Waals surface area contributed by atoms with E-state index in [0.717, 1.165) is 31.5 Å². The highest BCUT2D eigenvalue weighted by molar-refractivity contribution is 5.64. The lowest BCUT2D eigenvalue weighted by atomic mass is 9.61. The van der Waals surface area contributed by atoms with Crippen molar-refractivity contribution in [2.24, 2.45) is 11.7 Å². The number of allylic oxidation sites excluding steroid dienone is 2. The summed E-state index contributed by atoms with van der Waals surface area (Å²) in [5.41, 5.74) is 5.93. The highest BCUT2D eigenvalue weighted by Crippen LogP contribution is 2.53. The van der Waals surface area contributed by atoms with Gasteiger partial charge in [-0.2, -0.15) is 18.4 Å². The van der Waals surface area contributed by atoms with Crippen LogP contribution in [0.4, 0.5) is 13.2 Å². The Balaban J connectivity index is 2.30. The van der Waals surface area contributed by atoms with E-state index in [9.17, 15) is 18.4 Å². The van der Waals surface area contributed by atoms with Gasteiger partial charge in [-0.25, -0.2) is 0 Å². The van der Waals surface area contributed by atoms with Crippen LogP contribution in [0, 0.1) is 24.2 Å². The molecule has 2 heterocycles. The number of H-pyrrole nitrogens is 1. The maximum Gasteiger partial charge on any atom is 0.416 e. The van der Waals surface area contributed by atoms with Crippen LogP contribution in [0.3, 0.4) is 0 Å². The average molecular weight is 460 g/mol. The summed E-state index contributed by atoms with van der Waals surface area (Å²) in [6, 6.07) is 6.02. The molecule has 0 amide bonds. The van der Waals surface area contributed by atoms with Crippen LogP contribution in [-0.4, -0.2) is 23.8 Å². The third-order valence-corrected chi connectivity index (χ3v) is 5.98. The van der Waals surface area contributed by atoms with Gasteiger partial charge in [0.1, 0.15) is 11.6 Å². The number of aromatic nitrogens is 2. The number of hydrogen-bond acceptors (Lipinski definition) is 5. The number of nitrogens with zero attached hydrogens (tertiary/aromatic N) is 2. The number of aryl methyl sites for hydroxylation is 1. The standard InChI is InChI=1S/C24H28F3N5O/c1-14(2)23(19(13-28)21(29)33-22-20(23)15(3)31-32-22)17-10-16(8-6-5-7-9-30-4)11-18(12-17)24(25,26)27/h6,8,10-12,14,30H,5,7,9,29H2,1-4H3,(H,31,32)/b8-6+. The summed E-state index contributed by atoms with van der Waals surface area (Å²) in [5, 5.41) is 20.1. The maximum absolute atomic E-state index is 13.9. The van der Waals surface area contributed by atoms with E-state index in [2.05, 4.69) is 21.6 Å². The summed E-state index contributed by atoms with van der Waals surface area (Å²) < 4.78 is 47.3. The van der Waals surface area contributed by atoms with Crippen LogP contribution in [0.1, 0.15) is 54.6 Å². The van der Waals surface area contributed by atoms with Gasteiger partial charge >= 0.3 is 6.18 Å². The van der Waals surface area contributed by atoms with Crippen molar-refractivity contribution in [3.63, 3.8) is 0 Å². The third-order valence-electron chi connectivity index (χ3n) is 5.98. The quantitative estimate of drug-likeness (QED) is 0.518. The molecule has 1 aliphatic rings. The Morgan fingerprint density at radius 3 is 2.67 bits per heavy atom. The SMILES string of the molecule is CNCCC/C=C/c1cc(C(F)(F)F)cc(C2(C(C)C)C(C#N)=C(N)Oc3n[nH]c(C)c32)c1. The normalized spacial score (nSPS) is 18.5. The number of ether oxygens (including phenoxy) is 1. The predicted molar refractivity (Wildman–Crippen MR) is 120 cm³/mol. The molecule has 33 heavy (non-hydrogen) atoms. The van der Waals surface area contributed by atoms with Crippen molar-refractivity contribution in [1.29, 1.82) is 5.26 Å². The van der Waals surface area contributed by atoms with Crippen LogP contribution in [-0.2, 0) is 11.6 Å². The molecule has 0 aliphatic carbocycles. The summed E-state index contributed by atoms with van der Waals surface area (Å²) >= 11 is 0. The van der Waals surface area contributed by atoms with Crippen molar-refractivity contribution in [3.8, 4) is 11.9 Å². The lowest BCUT2D eigenvalue weighted by molar-refractivity contribution is -0.137. The first-order valence-corrected chi connectivity index (χ1v) is 10.7. The Hall–Kier alpha value is -3.25. The van der Waals surface area contributed by atoms with Gasteiger partial charge in [-0.3, -0.25) is 5.10 Å². The van der Waals surface area contributed by atoms with Gasteiger partial charge in [0.2, 0.25) is 11.8 Å². The number of aromatic amines is 1. The molecule has 1 aromatic carbocycles. The van der Waals surface area contributed by atoms with E-state index < -0.39 is 17.2 Å². The molecule has 1 aromatic heterocycles. The summed E-state index contributed by atoms with van der Waals surface area (Å²) in [6.45, 7) is 6.26. The minimum atomic E-state index is -4.57. The average Bonchev–Trinajstić information content (AvgIpc) is 3.11. The Kier molecular flexibility index (Phi) is 6.89. The Labute approximate surface area is 191 Å². The van der Waals surface area contributed by atoms with E-state index >= 15 is 0 Å². The Morgan fingerprint density at radius 1 is 1.33 bits per heavy atom. The molecular weight excluding hydrogens is 431 g/mol. The monoisotopic (exact) mass is 459 g/mol. The molecule has 2 aromatic rings. The molecule has 1 atom stereocenters. The fourth-order valence-electron chi connectivity index (χ4n) is 4.52. The Morgan fingerprint density at radius 2 is 2.06 bits per heavy atom. The number of fused-ring (bicyclic) bond motifs is 1. The molecule has 0 saturated carbocycles. The summed E-state index contributed by atoms with van der Waals surface area (Å²) in [5.74, 6) is -0.327. The number of nitrogens with two attached hydrogens (primary N) is 1. The van der Waals surface area contributed by atoms with Crippen molar-refractivity contribution in [2.75, 3.05) is 13.6 Å². The van der Waals surface area contributed by atoms with Crippen molar-refractivity contribution >= 4 is 6.08 Å². The Bertz CT molecular complexity index is 1120. The number of halogens is 3. The molecule has 3 rings (SSSR count). The van der Waals surface area contributed by atoms with Gasteiger partial charge in [-0.15, -0.1) is 5.10 Å². The molecule has 9 heteroatoms. The van der Waals surface area contributed by atoms with E-state index in [1.54, 1.807) is 19.1 Å².